The summed E-state index contributed by atoms with van der Waals surface area (Å²) in [6, 6.07) is 0. The van der Waals surface area contributed by atoms with Gasteiger partial charge >= 0.3 is 7.25 Å². The molecule has 0 rings (SSSR count). The lowest BCUT2D eigenvalue weighted by Crippen LogP contribution is -2.45. The molecule has 0 N–H and O–H groups in total. The van der Waals surface area contributed by atoms with E-state index in [9.17, 15) is 17.3 Å². The first-order valence-electron chi connectivity index (χ1n) is 6.39. The molecule has 0 unspecified atom stereocenters. The monoisotopic (exact) mass is 259 g/mol. The Morgan fingerprint density at radius 1 is 0.824 bits per heavy atom. The summed E-state index contributed by atoms with van der Waals surface area (Å²) in [6.07, 6.45) is 5.43. The van der Waals surface area contributed by atoms with Crippen LogP contribution in [-0.4, -0.2) is 38.4 Å². The van der Waals surface area contributed by atoms with Crippen LogP contribution in [0, 0.1) is 0 Å². The maximum atomic E-state index is 9.75. The van der Waals surface area contributed by atoms with Gasteiger partial charge < -0.3 is 21.7 Å². The van der Waals surface area contributed by atoms with Gasteiger partial charge in [0.2, 0.25) is 0 Å². The molecule has 0 atom stereocenters. The lowest BCUT2D eigenvalue weighted by molar-refractivity contribution is -0.908. The average molecular weight is 259 g/mol. The van der Waals surface area contributed by atoms with E-state index >= 15 is 0 Å². The van der Waals surface area contributed by atoms with Gasteiger partial charge in [0, 0.05) is 0 Å². The van der Waals surface area contributed by atoms with E-state index in [1.165, 1.54) is 49.8 Å². The molecular formula is C11H26BF4N. The smallest absolute Gasteiger partial charge is 0.418 e. The molecule has 0 spiro atoms. The van der Waals surface area contributed by atoms with Crippen molar-refractivity contribution in [3.8, 4) is 0 Å². The number of nitrogens with zero attached hydrogens (tertiary/aromatic N) is 1. The van der Waals surface area contributed by atoms with Gasteiger partial charge in [-0.25, -0.2) is 0 Å². The normalized spacial score (nSPS) is 12.0. The van der Waals surface area contributed by atoms with Crippen molar-refractivity contribution < 1.29 is 21.7 Å². The third-order valence-electron chi connectivity index (χ3n) is 2.87. The van der Waals surface area contributed by atoms with Crippen molar-refractivity contribution >= 4 is 7.25 Å². The highest BCUT2D eigenvalue weighted by molar-refractivity contribution is 6.50. The van der Waals surface area contributed by atoms with E-state index in [0.717, 1.165) is 0 Å². The van der Waals surface area contributed by atoms with Gasteiger partial charge in [0.15, 0.2) is 0 Å². The van der Waals surface area contributed by atoms with Crippen molar-refractivity contribution in [2.45, 2.75) is 46.5 Å². The van der Waals surface area contributed by atoms with Crippen LogP contribution >= 0.6 is 0 Å². The minimum atomic E-state index is -6.00. The zero-order chi connectivity index (χ0) is 13.9. The fourth-order valence-electron chi connectivity index (χ4n) is 1.51. The van der Waals surface area contributed by atoms with Gasteiger partial charge in [-0.05, 0) is 19.8 Å². The van der Waals surface area contributed by atoms with Gasteiger partial charge in [-0.15, -0.1) is 0 Å². The Bertz CT molecular complexity index is 159. The Morgan fingerprint density at radius 2 is 1.12 bits per heavy atom. The molecule has 17 heavy (non-hydrogen) atoms. The van der Waals surface area contributed by atoms with Crippen LogP contribution in [0.1, 0.15) is 46.5 Å². The number of rotatable bonds is 7. The highest BCUT2D eigenvalue weighted by atomic mass is 19.5. The number of hydrogen-bond donors (Lipinski definition) is 0. The summed E-state index contributed by atoms with van der Waals surface area (Å²) in [7, 11) is -3.61. The van der Waals surface area contributed by atoms with Crippen LogP contribution in [0.2, 0.25) is 0 Å². The molecule has 106 valence electrons. The van der Waals surface area contributed by atoms with E-state index in [2.05, 4.69) is 27.8 Å². The molecular weight excluding hydrogens is 233 g/mol. The molecule has 0 saturated heterocycles. The molecule has 0 saturated carbocycles. The summed E-state index contributed by atoms with van der Waals surface area (Å²) < 4.78 is 40.3. The Kier molecular flexibility index (Phi) is 10.9. The van der Waals surface area contributed by atoms with Crippen LogP contribution in [0.25, 0.3) is 0 Å². The summed E-state index contributed by atoms with van der Waals surface area (Å²) in [4.78, 5) is 0. The molecule has 0 aliphatic rings. The molecule has 0 aliphatic carbocycles. The largest absolute Gasteiger partial charge is 0.673 e. The molecule has 0 amide bonds. The molecule has 0 aliphatic heterocycles. The van der Waals surface area contributed by atoms with Gasteiger partial charge in [0.05, 0.1) is 26.7 Å². The average Bonchev–Trinajstić information content (AvgIpc) is 2.21. The van der Waals surface area contributed by atoms with E-state index in [-0.39, 0.29) is 0 Å². The highest BCUT2D eigenvalue weighted by Gasteiger charge is 2.20. The summed E-state index contributed by atoms with van der Waals surface area (Å²) >= 11 is 0. The van der Waals surface area contributed by atoms with Crippen LogP contribution in [0.15, 0.2) is 0 Å². The van der Waals surface area contributed by atoms with Crippen LogP contribution < -0.4 is 0 Å². The minimum absolute atomic E-state index is 1.28. The van der Waals surface area contributed by atoms with Gasteiger partial charge in [0.1, 0.15) is 0 Å². The highest BCUT2D eigenvalue weighted by Crippen LogP contribution is 2.07. The molecule has 0 fully saturated rings. The zero-order valence-corrected chi connectivity index (χ0v) is 11.5. The fraction of sp³-hybridized carbons (Fsp3) is 1.00. The van der Waals surface area contributed by atoms with Gasteiger partial charge in [-0.3, -0.25) is 0 Å². The maximum Gasteiger partial charge on any atom is 0.673 e. The Balaban J connectivity index is 0. The molecule has 0 heterocycles. The fourth-order valence-corrected chi connectivity index (χ4v) is 1.51. The van der Waals surface area contributed by atoms with Crippen LogP contribution in [0.4, 0.5) is 17.3 Å². The van der Waals surface area contributed by atoms with Crippen LogP contribution in [-0.2, 0) is 0 Å². The second-order valence-electron chi connectivity index (χ2n) is 4.58. The first kappa shape index (κ1) is 19.1. The third kappa shape index (κ3) is 18.3. The second-order valence-corrected chi connectivity index (χ2v) is 4.58. The van der Waals surface area contributed by atoms with E-state index < -0.39 is 7.25 Å². The third-order valence-corrected chi connectivity index (χ3v) is 2.87. The van der Waals surface area contributed by atoms with E-state index in [1.807, 2.05) is 0 Å². The Morgan fingerprint density at radius 3 is 1.29 bits per heavy atom. The van der Waals surface area contributed by atoms with Crippen molar-refractivity contribution in [3.05, 3.63) is 0 Å². The van der Waals surface area contributed by atoms with E-state index in [4.69, 9.17) is 0 Å². The first-order chi connectivity index (χ1) is 7.68. The first-order valence-corrected chi connectivity index (χ1v) is 6.39. The second kappa shape index (κ2) is 9.74. The van der Waals surface area contributed by atoms with Crippen LogP contribution in [0.5, 0.6) is 0 Å². The molecule has 0 aromatic heterocycles. The van der Waals surface area contributed by atoms with E-state index in [1.54, 1.807) is 0 Å². The summed E-state index contributed by atoms with van der Waals surface area (Å²) in [5.41, 5.74) is 0. The van der Waals surface area contributed by atoms with Crippen molar-refractivity contribution in [3.63, 3.8) is 0 Å². The number of unbranched alkanes of at least 4 members (excludes halogenated alkanes) is 2. The maximum absolute atomic E-state index is 9.75. The number of halogens is 4. The van der Waals surface area contributed by atoms with Gasteiger partial charge in [0.25, 0.3) is 0 Å². The SMILES string of the molecule is CCCC[N+](C)(CC)CCCC.F[B-](F)(F)F. The number of quaternary nitrogens is 1. The summed E-state index contributed by atoms with van der Waals surface area (Å²) in [5, 5.41) is 0. The molecule has 0 bridgehead atoms. The van der Waals surface area contributed by atoms with E-state index in [0.29, 0.717) is 0 Å². The quantitative estimate of drug-likeness (QED) is 0.362. The van der Waals surface area contributed by atoms with Crippen molar-refractivity contribution in [1.82, 2.24) is 0 Å². The van der Waals surface area contributed by atoms with Crippen molar-refractivity contribution in [2.75, 3.05) is 26.7 Å². The molecule has 0 aromatic rings. The Hall–Kier alpha value is -0.255. The van der Waals surface area contributed by atoms with Crippen molar-refractivity contribution in [1.29, 1.82) is 0 Å². The standard InChI is InChI=1S/C11H26N.BF4/c1-5-8-10-12(4,7-3)11-9-6-2;2-1(3,4)5/h5-11H2,1-4H3;/q+1;-1. The van der Waals surface area contributed by atoms with Crippen LogP contribution in [0.3, 0.4) is 0 Å². The molecule has 0 aromatic carbocycles. The zero-order valence-electron chi connectivity index (χ0n) is 11.5. The lowest BCUT2D eigenvalue weighted by Gasteiger charge is -2.33. The topological polar surface area (TPSA) is 0 Å². The predicted molar refractivity (Wildman–Crippen MR) is 66.5 cm³/mol. The number of hydrogen-bond acceptors (Lipinski definition) is 0. The summed E-state index contributed by atoms with van der Waals surface area (Å²) in [6.45, 7) is 10.9. The lowest BCUT2D eigenvalue weighted by atomic mass is 10.2. The molecule has 0 radical (unpaired) electrons. The van der Waals surface area contributed by atoms with Gasteiger partial charge in [-0.2, -0.15) is 0 Å². The summed E-state index contributed by atoms with van der Waals surface area (Å²) in [5.74, 6) is 0. The predicted octanol–water partition coefficient (Wildman–Crippen LogP) is 4.35. The van der Waals surface area contributed by atoms with Crippen molar-refractivity contribution in [2.24, 2.45) is 0 Å². The molecule has 6 heteroatoms. The van der Waals surface area contributed by atoms with Gasteiger partial charge in [-0.1, -0.05) is 26.7 Å². The molecule has 1 nitrogen and oxygen atoms in total. The Labute approximate surface area is 103 Å². The minimum Gasteiger partial charge on any atom is -0.418 e.